The largest absolute Gasteiger partial charge is 0.319 e. The van der Waals surface area contributed by atoms with Crippen LogP contribution in [0.25, 0.3) is 0 Å². The van der Waals surface area contributed by atoms with E-state index < -0.39 is 0 Å². The lowest BCUT2D eigenvalue weighted by molar-refractivity contribution is 0.0536. The van der Waals surface area contributed by atoms with Crippen LogP contribution < -0.4 is 10.8 Å². The van der Waals surface area contributed by atoms with Gasteiger partial charge in [-0.2, -0.15) is 0 Å². The first-order chi connectivity index (χ1) is 7.29. The zero-order chi connectivity index (χ0) is 11.1. The molecule has 0 unspecified atom stereocenters. The lowest BCUT2D eigenvalue weighted by atomic mass is 10.0. The molecule has 0 aliphatic carbocycles. The van der Waals surface area contributed by atoms with Gasteiger partial charge in [-0.25, -0.2) is 5.48 Å². The van der Waals surface area contributed by atoms with Crippen molar-refractivity contribution in [1.29, 1.82) is 0 Å². The van der Waals surface area contributed by atoms with Gasteiger partial charge >= 0.3 is 0 Å². The highest BCUT2D eigenvalue weighted by Gasteiger charge is 2.09. The predicted molar refractivity (Wildman–Crippen MR) is 58.5 cm³/mol. The van der Waals surface area contributed by atoms with Crippen LogP contribution in [0.3, 0.4) is 0 Å². The molecule has 0 aromatic heterocycles. The van der Waals surface area contributed by atoms with Crippen molar-refractivity contribution in [2.75, 3.05) is 20.7 Å². The Labute approximate surface area is 89.6 Å². The number of rotatable bonds is 5. The SMILES string of the molecule is CNCCc1ccccc1C(=O)NOC. The second-order valence-electron chi connectivity index (χ2n) is 3.15. The number of nitrogens with one attached hydrogen (secondary N) is 2. The molecule has 1 rings (SSSR count). The quantitative estimate of drug-likeness (QED) is 0.702. The summed E-state index contributed by atoms with van der Waals surface area (Å²) in [6.07, 6.45) is 0.823. The number of benzene rings is 1. The molecular formula is C11H16N2O2. The molecule has 0 heterocycles. The van der Waals surface area contributed by atoms with Gasteiger partial charge in [0, 0.05) is 5.56 Å². The molecule has 15 heavy (non-hydrogen) atoms. The predicted octanol–water partition coefficient (Wildman–Crippen LogP) is 0.740. The lowest BCUT2D eigenvalue weighted by Gasteiger charge is -2.08. The Hall–Kier alpha value is -1.39. The van der Waals surface area contributed by atoms with E-state index in [-0.39, 0.29) is 5.91 Å². The van der Waals surface area contributed by atoms with Crippen LogP contribution in [0.15, 0.2) is 24.3 Å². The van der Waals surface area contributed by atoms with E-state index in [2.05, 4.69) is 15.6 Å². The third-order valence-corrected chi connectivity index (χ3v) is 2.10. The third-order valence-electron chi connectivity index (χ3n) is 2.10. The number of carbonyl (C=O) groups is 1. The molecule has 0 radical (unpaired) electrons. The smallest absolute Gasteiger partial charge is 0.275 e. The second kappa shape index (κ2) is 6.16. The number of hydroxylamine groups is 1. The van der Waals surface area contributed by atoms with E-state index in [0.29, 0.717) is 5.56 Å². The van der Waals surface area contributed by atoms with Gasteiger partial charge in [0.2, 0.25) is 0 Å². The number of carbonyl (C=O) groups excluding carboxylic acids is 1. The van der Waals surface area contributed by atoms with E-state index in [1.54, 1.807) is 6.07 Å². The maximum Gasteiger partial charge on any atom is 0.275 e. The highest BCUT2D eigenvalue weighted by atomic mass is 16.6. The molecule has 1 aromatic rings. The minimum absolute atomic E-state index is 0.204. The van der Waals surface area contributed by atoms with Gasteiger partial charge in [-0.3, -0.25) is 9.63 Å². The van der Waals surface area contributed by atoms with Crippen molar-refractivity contribution in [1.82, 2.24) is 10.8 Å². The van der Waals surface area contributed by atoms with Crippen LogP contribution >= 0.6 is 0 Å². The van der Waals surface area contributed by atoms with Gasteiger partial charge in [-0.1, -0.05) is 18.2 Å². The third kappa shape index (κ3) is 3.34. The fraction of sp³-hybridized carbons (Fsp3) is 0.364. The van der Waals surface area contributed by atoms with Gasteiger partial charge in [-0.15, -0.1) is 0 Å². The normalized spacial score (nSPS) is 10.0. The minimum Gasteiger partial charge on any atom is -0.319 e. The van der Waals surface area contributed by atoms with E-state index in [4.69, 9.17) is 0 Å². The van der Waals surface area contributed by atoms with Gasteiger partial charge in [0.15, 0.2) is 0 Å². The Balaban J connectivity index is 2.80. The van der Waals surface area contributed by atoms with Crippen LogP contribution in [0, 0.1) is 0 Å². The summed E-state index contributed by atoms with van der Waals surface area (Å²) in [7, 11) is 3.31. The Bertz CT molecular complexity index is 326. The molecule has 0 saturated carbocycles. The summed E-state index contributed by atoms with van der Waals surface area (Å²) in [5, 5.41) is 3.05. The van der Waals surface area contributed by atoms with Crippen molar-refractivity contribution in [3.05, 3.63) is 35.4 Å². The first kappa shape index (κ1) is 11.7. The van der Waals surface area contributed by atoms with Crippen LogP contribution in [-0.4, -0.2) is 26.6 Å². The van der Waals surface area contributed by atoms with Crippen molar-refractivity contribution in [3.63, 3.8) is 0 Å². The fourth-order valence-electron chi connectivity index (χ4n) is 1.37. The first-order valence-electron chi connectivity index (χ1n) is 4.85. The number of amides is 1. The second-order valence-corrected chi connectivity index (χ2v) is 3.15. The zero-order valence-corrected chi connectivity index (χ0v) is 9.04. The van der Waals surface area contributed by atoms with Crippen LogP contribution in [-0.2, 0) is 11.3 Å². The summed E-state index contributed by atoms with van der Waals surface area (Å²) in [5.74, 6) is -0.204. The number of likely N-dealkylation sites (N-methyl/N-ethyl adjacent to an activating group) is 1. The van der Waals surface area contributed by atoms with Crippen molar-refractivity contribution in [3.8, 4) is 0 Å². The molecule has 0 aliphatic heterocycles. The number of hydrogen-bond acceptors (Lipinski definition) is 3. The van der Waals surface area contributed by atoms with Gasteiger partial charge in [0.1, 0.15) is 0 Å². The maximum atomic E-state index is 11.6. The summed E-state index contributed by atoms with van der Waals surface area (Å²) >= 11 is 0. The molecule has 0 fully saturated rings. The maximum absolute atomic E-state index is 11.6. The molecule has 0 spiro atoms. The minimum atomic E-state index is -0.204. The van der Waals surface area contributed by atoms with Crippen molar-refractivity contribution >= 4 is 5.91 Å². The van der Waals surface area contributed by atoms with Crippen LogP contribution in [0.2, 0.25) is 0 Å². The molecule has 4 heteroatoms. The van der Waals surface area contributed by atoms with E-state index >= 15 is 0 Å². The Kier molecular flexibility index (Phi) is 4.80. The highest BCUT2D eigenvalue weighted by molar-refractivity contribution is 5.94. The summed E-state index contributed by atoms with van der Waals surface area (Å²) in [6, 6.07) is 7.50. The zero-order valence-electron chi connectivity index (χ0n) is 9.04. The topological polar surface area (TPSA) is 50.4 Å². The number of hydrogen-bond donors (Lipinski definition) is 2. The molecule has 1 amide bonds. The van der Waals surface area contributed by atoms with Gasteiger partial charge in [0.05, 0.1) is 7.11 Å². The highest BCUT2D eigenvalue weighted by Crippen LogP contribution is 2.08. The molecule has 2 N–H and O–H groups in total. The first-order valence-corrected chi connectivity index (χ1v) is 4.85. The summed E-state index contributed by atoms with van der Waals surface area (Å²) in [5.41, 5.74) is 4.00. The van der Waals surface area contributed by atoms with E-state index in [1.165, 1.54) is 7.11 Å². The molecule has 0 saturated heterocycles. The fourth-order valence-corrected chi connectivity index (χ4v) is 1.37. The van der Waals surface area contributed by atoms with Crippen molar-refractivity contribution in [2.24, 2.45) is 0 Å². The molecular weight excluding hydrogens is 192 g/mol. The average Bonchev–Trinajstić information content (AvgIpc) is 2.27. The van der Waals surface area contributed by atoms with E-state index in [0.717, 1.165) is 18.5 Å². The molecule has 82 valence electrons. The Morgan fingerprint density at radius 3 is 2.80 bits per heavy atom. The summed E-state index contributed by atoms with van der Waals surface area (Å²) in [4.78, 5) is 16.2. The Morgan fingerprint density at radius 1 is 1.40 bits per heavy atom. The van der Waals surface area contributed by atoms with Crippen molar-refractivity contribution < 1.29 is 9.63 Å². The molecule has 0 atom stereocenters. The Morgan fingerprint density at radius 2 is 2.13 bits per heavy atom. The summed E-state index contributed by atoms with van der Waals surface area (Å²) < 4.78 is 0. The molecule has 1 aromatic carbocycles. The van der Waals surface area contributed by atoms with Gasteiger partial charge in [-0.05, 0) is 31.6 Å². The van der Waals surface area contributed by atoms with Gasteiger partial charge in [0.25, 0.3) is 5.91 Å². The van der Waals surface area contributed by atoms with Crippen LogP contribution in [0.4, 0.5) is 0 Å². The molecule has 0 bridgehead atoms. The molecule has 0 aliphatic rings. The van der Waals surface area contributed by atoms with E-state index in [1.807, 2.05) is 25.2 Å². The van der Waals surface area contributed by atoms with Gasteiger partial charge < -0.3 is 5.32 Å². The van der Waals surface area contributed by atoms with Crippen molar-refractivity contribution in [2.45, 2.75) is 6.42 Å². The van der Waals surface area contributed by atoms with Crippen LogP contribution in [0.5, 0.6) is 0 Å². The molecule has 4 nitrogen and oxygen atoms in total. The lowest BCUT2D eigenvalue weighted by Crippen LogP contribution is -2.23. The standard InChI is InChI=1S/C11H16N2O2/c1-12-8-7-9-5-3-4-6-10(9)11(14)13-15-2/h3-6,12H,7-8H2,1-2H3,(H,13,14). The van der Waals surface area contributed by atoms with E-state index in [9.17, 15) is 4.79 Å². The monoisotopic (exact) mass is 208 g/mol. The summed E-state index contributed by atoms with van der Waals surface area (Å²) in [6.45, 7) is 0.845. The average molecular weight is 208 g/mol. The van der Waals surface area contributed by atoms with Crippen LogP contribution in [0.1, 0.15) is 15.9 Å².